The SMILES string of the molecule is CCON=CCCC1=C(O)CC(c2cccc(Oc3ccc(SC)cc3)c2)CC1=O. The van der Waals surface area contributed by atoms with Crippen LogP contribution < -0.4 is 4.74 Å². The number of aliphatic hydroxyl groups excluding tert-OH is 1. The first kappa shape index (κ1) is 22.0. The Morgan fingerprint density at radius 2 is 1.97 bits per heavy atom. The molecule has 1 aliphatic carbocycles. The van der Waals surface area contributed by atoms with Crippen molar-refractivity contribution in [2.45, 2.75) is 43.4 Å². The van der Waals surface area contributed by atoms with Gasteiger partial charge in [0.1, 0.15) is 18.1 Å². The van der Waals surface area contributed by atoms with Gasteiger partial charge in [0, 0.05) is 29.5 Å². The van der Waals surface area contributed by atoms with E-state index in [1.807, 2.05) is 61.7 Å². The van der Waals surface area contributed by atoms with Crippen molar-refractivity contribution < 1.29 is 19.5 Å². The third kappa shape index (κ3) is 5.89. The van der Waals surface area contributed by atoms with Crippen LogP contribution in [0.2, 0.25) is 0 Å². The molecule has 0 aromatic heterocycles. The summed E-state index contributed by atoms with van der Waals surface area (Å²) >= 11 is 1.68. The monoisotopic (exact) mass is 425 g/mol. The van der Waals surface area contributed by atoms with Gasteiger partial charge in [0.2, 0.25) is 0 Å². The van der Waals surface area contributed by atoms with Crippen LogP contribution >= 0.6 is 11.8 Å². The van der Waals surface area contributed by atoms with Gasteiger partial charge in [0.25, 0.3) is 0 Å². The Labute approximate surface area is 181 Å². The number of benzene rings is 2. The first-order valence-corrected chi connectivity index (χ1v) is 11.3. The van der Waals surface area contributed by atoms with Crippen LogP contribution in [0.5, 0.6) is 11.5 Å². The van der Waals surface area contributed by atoms with Gasteiger partial charge in [0.15, 0.2) is 5.78 Å². The molecule has 6 heteroatoms. The molecule has 1 aliphatic rings. The number of hydrogen-bond acceptors (Lipinski definition) is 6. The zero-order valence-corrected chi connectivity index (χ0v) is 18.2. The van der Waals surface area contributed by atoms with Crippen LogP contribution in [0, 0.1) is 0 Å². The molecule has 0 spiro atoms. The fourth-order valence-corrected chi connectivity index (χ4v) is 3.87. The number of carbonyl (C=O) groups excluding carboxylic acids is 1. The molecule has 0 saturated heterocycles. The van der Waals surface area contributed by atoms with Gasteiger partial charge in [-0.3, -0.25) is 4.79 Å². The zero-order valence-electron chi connectivity index (χ0n) is 17.3. The molecule has 2 aromatic carbocycles. The lowest BCUT2D eigenvalue weighted by atomic mass is 9.81. The Bertz CT molecular complexity index is 921. The van der Waals surface area contributed by atoms with Crippen molar-refractivity contribution in [3.8, 4) is 11.5 Å². The summed E-state index contributed by atoms with van der Waals surface area (Å²) in [7, 11) is 0. The standard InChI is InChI=1S/C24H27NO4S/c1-3-28-25-13-5-8-22-23(26)15-18(16-24(22)27)17-6-4-7-20(14-17)29-19-9-11-21(30-2)12-10-19/h4,6-7,9-14,18,26H,3,5,8,15-16H2,1-2H3. The van der Waals surface area contributed by atoms with Crippen molar-refractivity contribution in [2.75, 3.05) is 12.9 Å². The summed E-state index contributed by atoms with van der Waals surface area (Å²) in [5.41, 5.74) is 1.50. The Morgan fingerprint density at radius 3 is 2.67 bits per heavy atom. The highest BCUT2D eigenvalue weighted by Crippen LogP contribution is 2.36. The fourth-order valence-electron chi connectivity index (χ4n) is 3.46. The Hall–Kier alpha value is -2.73. The third-order valence-electron chi connectivity index (χ3n) is 4.98. The van der Waals surface area contributed by atoms with Gasteiger partial charge in [-0.2, -0.15) is 0 Å². The minimum absolute atomic E-state index is 0.00691. The molecular weight excluding hydrogens is 398 g/mol. The second-order valence-corrected chi connectivity index (χ2v) is 7.93. The van der Waals surface area contributed by atoms with Crippen LogP contribution in [0.3, 0.4) is 0 Å². The van der Waals surface area contributed by atoms with Gasteiger partial charge in [-0.1, -0.05) is 17.3 Å². The van der Waals surface area contributed by atoms with E-state index < -0.39 is 0 Å². The Morgan fingerprint density at radius 1 is 1.17 bits per heavy atom. The molecule has 158 valence electrons. The van der Waals surface area contributed by atoms with E-state index in [0.717, 1.165) is 17.1 Å². The van der Waals surface area contributed by atoms with Gasteiger partial charge in [-0.05, 0) is 73.9 Å². The fraction of sp³-hybridized carbons (Fsp3) is 0.333. The maximum Gasteiger partial charge on any atom is 0.162 e. The van der Waals surface area contributed by atoms with Crippen LogP contribution in [0.4, 0.5) is 0 Å². The topological polar surface area (TPSA) is 68.1 Å². The number of aliphatic hydroxyl groups is 1. The summed E-state index contributed by atoms with van der Waals surface area (Å²) in [5.74, 6) is 1.61. The van der Waals surface area contributed by atoms with Crippen LogP contribution in [0.1, 0.15) is 44.1 Å². The van der Waals surface area contributed by atoms with Gasteiger partial charge in [0.05, 0.1) is 5.76 Å². The second kappa shape index (κ2) is 10.9. The molecule has 2 aromatic rings. The summed E-state index contributed by atoms with van der Waals surface area (Å²) in [6.45, 7) is 2.37. The molecule has 5 nitrogen and oxygen atoms in total. The molecule has 0 saturated carbocycles. The zero-order chi connectivity index (χ0) is 21.3. The van der Waals surface area contributed by atoms with Crippen LogP contribution in [0.15, 0.2) is 69.9 Å². The highest BCUT2D eigenvalue weighted by Gasteiger charge is 2.28. The highest BCUT2D eigenvalue weighted by atomic mass is 32.2. The number of Topliss-reactive ketones (excluding diaryl/α,β-unsaturated/α-hetero) is 1. The summed E-state index contributed by atoms with van der Waals surface area (Å²) in [4.78, 5) is 18.7. The minimum atomic E-state index is -0.0549. The first-order valence-electron chi connectivity index (χ1n) is 10.1. The highest BCUT2D eigenvalue weighted by molar-refractivity contribution is 7.98. The number of allylic oxidation sites excluding steroid dienone is 2. The maximum atomic E-state index is 12.6. The molecule has 3 rings (SSSR count). The molecule has 1 N–H and O–H groups in total. The van der Waals surface area contributed by atoms with E-state index in [0.29, 0.717) is 37.9 Å². The number of carbonyl (C=O) groups is 1. The number of thioether (sulfide) groups is 1. The van der Waals surface area contributed by atoms with E-state index in [-0.39, 0.29) is 17.5 Å². The van der Waals surface area contributed by atoms with Crippen molar-refractivity contribution in [3.05, 3.63) is 65.4 Å². The van der Waals surface area contributed by atoms with Crippen LogP contribution in [-0.4, -0.2) is 30.0 Å². The lowest BCUT2D eigenvalue weighted by Crippen LogP contribution is -2.18. The lowest BCUT2D eigenvalue weighted by Gasteiger charge is -2.24. The minimum Gasteiger partial charge on any atom is -0.512 e. The van der Waals surface area contributed by atoms with Crippen molar-refractivity contribution >= 4 is 23.8 Å². The molecule has 0 fully saturated rings. The Kier molecular flexibility index (Phi) is 7.97. The number of nitrogens with zero attached hydrogens (tertiary/aromatic N) is 1. The average molecular weight is 426 g/mol. The number of rotatable bonds is 9. The van der Waals surface area contributed by atoms with Gasteiger partial charge >= 0.3 is 0 Å². The molecule has 0 amide bonds. The van der Waals surface area contributed by atoms with E-state index >= 15 is 0 Å². The second-order valence-electron chi connectivity index (χ2n) is 7.05. The van der Waals surface area contributed by atoms with Crippen molar-refractivity contribution in [3.63, 3.8) is 0 Å². The molecule has 0 heterocycles. The molecule has 30 heavy (non-hydrogen) atoms. The summed E-state index contributed by atoms with van der Waals surface area (Å²) in [5, 5.41) is 14.3. The van der Waals surface area contributed by atoms with Crippen LogP contribution in [-0.2, 0) is 9.63 Å². The van der Waals surface area contributed by atoms with E-state index in [4.69, 9.17) is 9.57 Å². The van der Waals surface area contributed by atoms with Gasteiger partial charge < -0.3 is 14.7 Å². The number of ketones is 1. The molecular formula is C24H27NO4S. The number of oxime groups is 1. The third-order valence-corrected chi connectivity index (χ3v) is 5.73. The molecule has 1 atom stereocenters. The quantitative estimate of drug-likeness (QED) is 0.292. The van der Waals surface area contributed by atoms with Gasteiger partial charge in [-0.25, -0.2) is 0 Å². The smallest absolute Gasteiger partial charge is 0.162 e. The summed E-state index contributed by atoms with van der Waals surface area (Å²) in [6.07, 6.45) is 5.55. The summed E-state index contributed by atoms with van der Waals surface area (Å²) < 4.78 is 5.97. The lowest BCUT2D eigenvalue weighted by molar-refractivity contribution is -0.116. The molecule has 0 radical (unpaired) electrons. The predicted octanol–water partition coefficient (Wildman–Crippen LogP) is 6.26. The molecule has 1 unspecified atom stereocenters. The first-order chi connectivity index (χ1) is 14.6. The Balaban J connectivity index is 1.66. The van der Waals surface area contributed by atoms with Crippen molar-refractivity contribution in [1.29, 1.82) is 0 Å². The van der Waals surface area contributed by atoms with E-state index in [9.17, 15) is 9.90 Å². The molecule has 0 bridgehead atoms. The normalized spacial score (nSPS) is 16.9. The van der Waals surface area contributed by atoms with E-state index in [1.165, 1.54) is 4.90 Å². The van der Waals surface area contributed by atoms with E-state index in [2.05, 4.69) is 5.16 Å². The van der Waals surface area contributed by atoms with Crippen molar-refractivity contribution in [2.24, 2.45) is 5.16 Å². The van der Waals surface area contributed by atoms with E-state index in [1.54, 1.807) is 18.0 Å². The largest absolute Gasteiger partial charge is 0.512 e. The maximum absolute atomic E-state index is 12.6. The van der Waals surface area contributed by atoms with Crippen LogP contribution in [0.25, 0.3) is 0 Å². The average Bonchev–Trinajstić information content (AvgIpc) is 2.76. The van der Waals surface area contributed by atoms with Gasteiger partial charge in [-0.15, -0.1) is 11.8 Å². The van der Waals surface area contributed by atoms with Crippen molar-refractivity contribution in [1.82, 2.24) is 0 Å². The summed E-state index contributed by atoms with van der Waals surface area (Å²) in [6, 6.07) is 15.7. The predicted molar refractivity (Wildman–Crippen MR) is 121 cm³/mol. The number of hydrogen-bond donors (Lipinski definition) is 1. The number of ether oxygens (including phenoxy) is 1. The molecule has 0 aliphatic heterocycles.